The Hall–Kier alpha value is -2.11. The number of allylic oxidation sites excluding steroid dienone is 3. The molecule has 0 aliphatic rings. The molecule has 0 spiro atoms. The van der Waals surface area contributed by atoms with E-state index in [-0.39, 0.29) is 6.61 Å². The third-order valence-electron chi connectivity index (χ3n) is 2.91. The number of benzene rings is 1. The van der Waals surface area contributed by atoms with Crippen LogP contribution in [0.4, 0.5) is 11.4 Å². The summed E-state index contributed by atoms with van der Waals surface area (Å²) in [5, 5.41) is 17.4. The minimum absolute atomic E-state index is 0.147. The highest BCUT2D eigenvalue weighted by molar-refractivity contribution is 5.80. The molecule has 0 aliphatic heterocycles. The molecule has 1 rings (SSSR count). The quantitative estimate of drug-likeness (QED) is 0.391. The maximum atomic E-state index is 9.02. The molecule has 3 N–H and O–H groups in total. The number of likely N-dealkylation sites (N-methyl/N-ethyl adjacent to an activating group) is 1. The van der Waals surface area contributed by atoms with Crippen molar-refractivity contribution in [3.8, 4) is 0 Å². The van der Waals surface area contributed by atoms with Gasteiger partial charge in [-0.2, -0.15) is 0 Å². The number of anilines is 1. The molecule has 1 aromatic rings. The Morgan fingerprint density at radius 1 is 1.33 bits per heavy atom. The lowest BCUT2D eigenvalue weighted by molar-refractivity contribution is 0.214. The van der Waals surface area contributed by atoms with Crippen LogP contribution in [0.15, 0.2) is 53.2 Å². The van der Waals surface area contributed by atoms with Crippen LogP contribution < -0.4 is 10.4 Å². The van der Waals surface area contributed by atoms with E-state index in [2.05, 4.69) is 16.8 Å². The van der Waals surface area contributed by atoms with E-state index in [1.54, 1.807) is 12.3 Å². The fourth-order valence-electron chi connectivity index (χ4n) is 1.80. The molecule has 1 aromatic carbocycles. The summed E-state index contributed by atoms with van der Waals surface area (Å²) in [5.41, 5.74) is 4.86. The van der Waals surface area contributed by atoms with Gasteiger partial charge < -0.3 is 10.0 Å². The van der Waals surface area contributed by atoms with E-state index in [4.69, 9.17) is 10.3 Å². The van der Waals surface area contributed by atoms with Gasteiger partial charge in [-0.1, -0.05) is 6.08 Å². The molecule has 0 fully saturated rings. The molecule has 5 nitrogen and oxygen atoms in total. The van der Waals surface area contributed by atoms with E-state index in [9.17, 15) is 0 Å². The van der Waals surface area contributed by atoms with Gasteiger partial charge in [0.25, 0.3) is 0 Å². The molecule has 0 bridgehead atoms. The van der Waals surface area contributed by atoms with Gasteiger partial charge in [0.05, 0.1) is 12.3 Å². The number of nitrogens with zero attached hydrogens (tertiary/aromatic N) is 2. The van der Waals surface area contributed by atoms with Crippen molar-refractivity contribution in [2.75, 3.05) is 24.6 Å². The first-order chi connectivity index (χ1) is 10.2. The number of aliphatic imine (C=N–C) groups is 1. The molecule has 0 heterocycles. The fraction of sp³-hybridized carbons (Fsp3) is 0.312. The molecular weight excluding hydrogens is 266 g/mol. The fourth-order valence-corrected chi connectivity index (χ4v) is 1.80. The summed E-state index contributed by atoms with van der Waals surface area (Å²) in [6.45, 7) is 5.63. The van der Waals surface area contributed by atoms with Crippen molar-refractivity contribution in [2.24, 2.45) is 4.99 Å². The zero-order valence-electron chi connectivity index (χ0n) is 12.5. The lowest BCUT2D eigenvalue weighted by Crippen LogP contribution is -2.25. The standard InChI is InChI=1S/C16H23N3O2/c1-3-19(11-12-20)16-8-6-15(7-9-16)17-13-14(2)5-4-10-18-21/h4-10,13,18,20-21H,3,11-12H2,1-2H3/b10-4-,14-5+,17-13?. The minimum Gasteiger partial charge on any atom is -0.395 e. The predicted octanol–water partition coefficient (Wildman–Crippen LogP) is 2.65. The second-order valence-electron chi connectivity index (χ2n) is 4.48. The minimum atomic E-state index is 0.147. The maximum absolute atomic E-state index is 9.02. The molecule has 5 heteroatoms. The maximum Gasteiger partial charge on any atom is 0.0631 e. The van der Waals surface area contributed by atoms with Crippen LogP contribution in [0.5, 0.6) is 0 Å². The first-order valence-electron chi connectivity index (χ1n) is 6.94. The average molecular weight is 289 g/mol. The van der Waals surface area contributed by atoms with Crippen molar-refractivity contribution < 1.29 is 10.3 Å². The topological polar surface area (TPSA) is 68.1 Å². The Balaban J connectivity index is 2.70. The molecular formula is C16H23N3O2. The molecule has 0 aliphatic carbocycles. The summed E-state index contributed by atoms with van der Waals surface area (Å²) >= 11 is 0. The summed E-state index contributed by atoms with van der Waals surface area (Å²) in [6, 6.07) is 7.90. The van der Waals surface area contributed by atoms with E-state index < -0.39 is 0 Å². The van der Waals surface area contributed by atoms with E-state index in [1.807, 2.05) is 42.7 Å². The summed E-state index contributed by atoms with van der Waals surface area (Å²) < 4.78 is 0. The van der Waals surface area contributed by atoms with Gasteiger partial charge in [0, 0.05) is 31.2 Å². The number of hydrogen-bond donors (Lipinski definition) is 3. The lowest BCUT2D eigenvalue weighted by Gasteiger charge is -2.21. The molecule has 0 radical (unpaired) electrons. The highest BCUT2D eigenvalue weighted by Gasteiger charge is 2.02. The summed E-state index contributed by atoms with van der Waals surface area (Å²) in [5.74, 6) is 0. The number of hydroxylamine groups is 1. The average Bonchev–Trinajstić information content (AvgIpc) is 2.51. The van der Waals surface area contributed by atoms with Crippen LogP contribution in [-0.2, 0) is 0 Å². The van der Waals surface area contributed by atoms with Crippen LogP contribution in [0.1, 0.15) is 13.8 Å². The number of aliphatic hydroxyl groups excluding tert-OH is 1. The van der Waals surface area contributed by atoms with Gasteiger partial charge in [0.15, 0.2) is 0 Å². The van der Waals surface area contributed by atoms with Crippen molar-refractivity contribution in [1.29, 1.82) is 0 Å². The molecule has 0 saturated heterocycles. The van der Waals surface area contributed by atoms with Gasteiger partial charge in [-0.15, -0.1) is 0 Å². The first kappa shape index (κ1) is 16.9. The third kappa shape index (κ3) is 6.25. The van der Waals surface area contributed by atoms with Crippen LogP contribution in [0.2, 0.25) is 0 Å². The lowest BCUT2D eigenvalue weighted by atomic mass is 10.2. The van der Waals surface area contributed by atoms with Crippen molar-refractivity contribution >= 4 is 17.6 Å². The Bertz CT molecular complexity index is 493. The molecule has 0 aromatic heterocycles. The summed E-state index contributed by atoms with van der Waals surface area (Å²) in [7, 11) is 0. The van der Waals surface area contributed by atoms with Gasteiger partial charge in [-0.3, -0.25) is 15.7 Å². The van der Waals surface area contributed by atoms with Gasteiger partial charge in [-0.25, -0.2) is 0 Å². The second kappa shape index (κ2) is 9.74. The molecule has 0 atom stereocenters. The molecule has 114 valence electrons. The highest BCUT2D eigenvalue weighted by atomic mass is 16.5. The van der Waals surface area contributed by atoms with Gasteiger partial charge in [0.1, 0.15) is 0 Å². The number of aliphatic hydroxyl groups is 1. The van der Waals surface area contributed by atoms with Crippen LogP contribution in [0.25, 0.3) is 0 Å². The monoisotopic (exact) mass is 289 g/mol. The van der Waals surface area contributed by atoms with E-state index in [0.717, 1.165) is 23.5 Å². The van der Waals surface area contributed by atoms with Crippen molar-refractivity contribution in [1.82, 2.24) is 5.48 Å². The number of hydrogen-bond acceptors (Lipinski definition) is 5. The predicted molar refractivity (Wildman–Crippen MR) is 87.4 cm³/mol. The van der Waals surface area contributed by atoms with Gasteiger partial charge >= 0.3 is 0 Å². The van der Waals surface area contributed by atoms with Crippen molar-refractivity contribution in [2.45, 2.75) is 13.8 Å². The Morgan fingerprint density at radius 3 is 2.62 bits per heavy atom. The molecule has 0 unspecified atom stereocenters. The zero-order valence-corrected chi connectivity index (χ0v) is 12.5. The number of rotatable bonds is 8. The van der Waals surface area contributed by atoms with Crippen LogP contribution >= 0.6 is 0 Å². The van der Waals surface area contributed by atoms with Crippen LogP contribution in [-0.4, -0.2) is 36.2 Å². The number of nitrogens with one attached hydrogen (secondary N) is 1. The van der Waals surface area contributed by atoms with E-state index in [1.165, 1.54) is 6.20 Å². The van der Waals surface area contributed by atoms with Crippen molar-refractivity contribution in [3.05, 3.63) is 48.2 Å². The SMILES string of the molecule is CCN(CCO)c1ccc(N=C/C(C)=C/C=C\NO)cc1. The molecule has 0 saturated carbocycles. The van der Waals surface area contributed by atoms with E-state index >= 15 is 0 Å². The van der Waals surface area contributed by atoms with Crippen LogP contribution in [0.3, 0.4) is 0 Å². The zero-order chi connectivity index (χ0) is 15.5. The normalized spacial score (nSPS) is 12.3. The second-order valence-corrected chi connectivity index (χ2v) is 4.48. The highest BCUT2D eigenvalue weighted by Crippen LogP contribution is 2.19. The Kier molecular flexibility index (Phi) is 7.86. The molecule has 21 heavy (non-hydrogen) atoms. The third-order valence-corrected chi connectivity index (χ3v) is 2.91. The van der Waals surface area contributed by atoms with Gasteiger partial charge in [0.2, 0.25) is 0 Å². The largest absolute Gasteiger partial charge is 0.395 e. The molecule has 0 amide bonds. The smallest absolute Gasteiger partial charge is 0.0631 e. The Labute approximate surface area is 125 Å². The van der Waals surface area contributed by atoms with Crippen molar-refractivity contribution in [3.63, 3.8) is 0 Å². The Morgan fingerprint density at radius 2 is 2.05 bits per heavy atom. The van der Waals surface area contributed by atoms with E-state index in [0.29, 0.717) is 6.54 Å². The summed E-state index contributed by atoms with van der Waals surface area (Å²) in [4.78, 5) is 6.48. The van der Waals surface area contributed by atoms with Crippen LogP contribution in [0, 0.1) is 0 Å². The first-order valence-corrected chi connectivity index (χ1v) is 6.94. The van der Waals surface area contributed by atoms with Gasteiger partial charge in [-0.05, 0) is 49.8 Å². The summed E-state index contributed by atoms with van der Waals surface area (Å²) in [6.07, 6.45) is 6.72.